The third kappa shape index (κ3) is 4.24. The lowest BCUT2D eigenvalue weighted by Crippen LogP contribution is -2.46. The highest BCUT2D eigenvalue weighted by molar-refractivity contribution is 5.85. The summed E-state index contributed by atoms with van der Waals surface area (Å²) in [5.74, 6) is -1.72. The number of ether oxygens (including phenoxy) is 5. The Morgan fingerprint density at radius 2 is 1.96 bits per heavy atom. The summed E-state index contributed by atoms with van der Waals surface area (Å²) in [4.78, 5) is 23.7. The minimum absolute atomic E-state index is 0.232. The van der Waals surface area contributed by atoms with Crippen molar-refractivity contribution in [2.45, 2.75) is 57.8 Å². The van der Waals surface area contributed by atoms with Crippen molar-refractivity contribution in [3.8, 4) is 0 Å². The third-order valence-corrected chi connectivity index (χ3v) is 4.00. The number of fused-ring (bicyclic) bond motifs is 1. The summed E-state index contributed by atoms with van der Waals surface area (Å²) in [6.45, 7) is 4.75. The Kier molecular flexibility index (Phi) is 5.19. The van der Waals surface area contributed by atoms with Crippen LogP contribution in [0.3, 0.4) is 0 Å². The zero-order chi connectivity index (χ0) is 18.0. The largest absolute Gasteiger partial charge is 0.433 e. The van der Waals surface area contributed by atoms with Crippen molar-refractivity contribution < 1.29 is 33.3 Å². The third-order valence-electron chi connectivity index (χ3n) is 4.00. The molecule has 0 aromatic heterocycles. The van der Waals surface area contributed by atoms with E-state index in [4.69, 9.17) is 23.7 Å². The molecule has 7 nitrogen and oxygen atoms in total. The molecule has 0 aliphatic carbocycles. The first-order valence-corrected chi connectivity index (χ1v) is 8.18. The lowest BCUT2D eigenvalue weighted by Gasteiger charge is -2.29. The summed E-state index contributed by atoms with van der Waals surface area (Å²) >= 11 is 0. The Balaban J connectivity index is 1.83. The molecular formula is C18H22O7. The number of esters is 1. The van der Waals surface area contributed by atoms with E-state index in [9.17, 15) is 9.59 Å². The molecule has 0 N–H and O–H groups in total. The molecular weight excluding hydrogens is 328 g/mol. The van der Waals surface area contributed by atoms with Gasteiger partial charge in [0.15, 0.2) is 17.7 Å². The first-order chi connectivity index (χ1) is 11.9. The van der Waals surface area contributed by atoms with Gasteiger partial charge in [-0.15, -0.1) is 0 Å². The number of carbonyl (C=O) groups is 2. The Morgan fingerprint density at radius 1 is 1.24 bits per heavy atom. The molecule has 136 valence electrons. The maximum atomic E-state index is 12.3. The zero-order valence-corrected chi connectivity index (χ0v) is 14.5. The number of rotatable bonds is 4. The molecule has 1 aromatic carbocycles. The van der Waals surface area contributed by atoms with E-state index in [1.54, 1.807) is 13.8 Å². The topological polar surface area (TPSA) is 80.3 Å². The number of Topliss-reactive ketones (excluding diaryl/α,β-unsaturated/α-hetero) is 1. The van der Waals surface area contributed by atoms with Crippen LogP contribution in [0.25, 0.3) is 0 Å². The van der Waals surface area contributed by atoms with Crippen molar-refractivity contribution in [2.75, 3.05) is 6.61 Å². The number of ketones is 1. The van der Waals surface area contributed by atoms with Crippen LogP contribution < -0.4 is 0 Å². The molecule has 2 aliphatic heterocycles. The van der Waals surface area contributed by atoms with E-state index in [1.807, 2.05) is 30.3 Å². The van der Waals surface area contributed by atoms with E-state index in [0.29, 0.717) is 0 Å². The van der Waals surface area contributed by atoms with Crippen LogP contribution in [-0.4, -0.2) is 48.7 Å². The van der Waals surface area contributed by atoms with Gasteiger partial charge in [-0.05, 0) is 19.4 Å². The smallest absolute Gasteiger partial charge is 0.305 e. The van der Waals surface area contributed by atoms with Crippen molar-refractivity contribution in [2.24, 2.45) is 0 Å². The predicted octanol–water partition coefficient (Wildman–Crippen LogP) is 1.58. The minimum atomic E-state index is -1.04. The van der Waals surface area contributed by atoms with Crippen LogP contribution in [0.5, 0.6) is 0 Å². The first-order valence-electron chi connectivity index (χ1n) is 8.18. The summed E-state index contributed by atoms with van der Waals surface area (Å²) < 4.78 is 28.2. The number of carbonyl (C=O) groups excluding carboxylic acids is 2. The van der Waals surface area contributed by atoms with Crippen molar-refractivity contribution >= 4 is 11.8 Å². The summed E-state index contributed by atoms with van der Waals surface area (Å²) in [7, 11) is 0. The van der Waals surface area contributed by atoms with E-state index in [1.165, 1.54) is 6.92 Å². The van der Waals surface area contributed by atoms with Crippen molar-refractivity contribution in [1.29, 1.82) is 0 Å². The van der Waals surface area contributed by atoms with E-state index >= 15 is 0 Å². The fraction of sp³-hybridized carbons (Fsp3) is 0.556. The zero-order valence-electron chi connectivity index (χ0n) is 14.5. The normalized spacial score (nSPS) is 31.2. The molecule has 0 spiro atoms. The van der Waals surface area contributed by atoms with Crippen molar-refractivity contribution in [3.05, 3.63) is 35.9 Å². The predicted molar refractivity (Wildman–Crippen MR) is 85.4 cm³/mol. The van der Waals surface area contributed by atoms with Gasteiger partial charge in [0.2, 0.25) is 6.29 Å². The van der Waals surface area contributed by atoms with Crippen LogP contribution in [0.4, 0.5) is 0 Å². The van der Waals surface area contributed by atoms with Gasteiger partial charge in [-0.3, -0.25) is 9.59 Å². The van der Waals surface area contributed by atoms with E-state index in [-0.39, 0.29) is 19.0 Å². The molecule has 0 unspecified atom stereocenters. The Morgan fingerprint density at radius 3 is 2.64 bits per heavy atom. The summed E-state index contributed by atoms with van der Waals surface area (Å²) in [5.41, 5.74) is 0.939. The molecule has 3 rings (SSSR count). The number of benzene rings is 1. The standard InChI is InChI=1S/C18H22O7/c1-11(19)23-17-16(21-9-12-7-5-4-6-8-12)15-14(13(20)10-22-17)24-18(2,3)25-15/h4-8,14-17H,9-10H2,1-3H3/t14-,15-,16+,17-/m0/s1. The summed E-state index contributed by atoms with van der Waals surface area (Å²) in [6, 6.07) is 9.53. The van der Waals surface area contributed by atoms with Gasteiger partial charge in [-0.1, -0.05) is 30.3 Å². The molecule has 2 heterocycles. The molecule has 0 radical (unpaired) electrons. The Labute approximate surface area is 146 Å². The van der Waals surface area contributed by atoms with Gasteiger partial charge in [0, 0.05) is 6.92 Å². The maximum Gasteiger partial charge on any atom is 0.305 e. The molecule has 2 saturated heterocycles. The average molecular weight is 350 g/mol. The molecule has 1 aromatic rings. The number of hydrogen-bond donors (Lipinski definition) is 0. The van der Waals surface area contributed by atoms with Gasteiger partial charge in [0.25, 0.3) is 0 Å². The average Bonchev–Trinajstić information content (AvgIpc) is 2.83. The lowest BCUT2D eigenvalue weighted by atomic mass is 10.1. The Hall–Kier alpha value is -1.80. The van der Waals surface area contributed by atoms with Gasteiger partial charge in [-0.25, -0.2) is 0 Å². The van der Waals surface area contributed by atoms with Crippen LogP contribution in [-0.2, 0) is 39.9 Å². The van der Waals surface area contributed by atoms with E-state index in [2.05, 4.69) is 0 Å². The first kappa shape index (κ1) is 18.0. The van der Waals surface area contributed by atoms with Gasteiger partial charge < -0.3 is 23.7 Å². The maximum absolute atomic E-state index is 12.3. The van der Waals surface area contributed by atoms with Crippen LogP contribution in [0.15, 0.2) is 30.3 Å². The molecule has 2 aliphatic rings. The van der Waals surface area contributed by atoms with Crippen LogP contribution in [0, 0.1) is 0 Å². The van der Waals surface area contributed by atoms with Crippen LogP contribution in [0.1, 0.15) is 26.3 Å². The molecule has 0 bridgehead atoms. The monoisotopic (exact) mass is 350 g/mol. The fourth-order valence-electron chi connectivity index (χ4n) is 2.98. The van der Waals surface area contributed by atoms with E-state index in [0.717, 1.165) is 5.56 Å². The Bertz CT molecular complexity index is 628. The molecule has 25 heavy (non-hydrogen) atoms. The number of hydrogen-bond acceptors (Lipinski definition) is 7. The SMILES string of the molecule is CC(=O)O[C@@H]1OCC(=O)[C@@H]2OC(C)(C)O[C@@H]2[C@H]1OCc1ccccc1. The summed E-state index contributed by atoms with van der Waals surface area (Å²) in [5, 5.41) is 0. The van der Waals surface area contributed by atoms with Crippen LogP contribution >= 0.6 is 0 Å². The second kappa shape index (κ2) is 7.21. The van der Waals surface area contributed by atoms with Gasteiger partial charge >= 0.3 is 5.97 Å². The molecule has 2 fully saturated rings. The van der Waals surface area contributed by atoms with Gasteiger partial charge in [-0.2, -0.15) is 0 Å². The van der Waals surface area contributed by atoms with Crippen molar-refractivity contribution in [1.82, 2.24) is 0 Å². The quantitative estimate of drug-likeness (QED) is 0.763. The molecule has 0 saturated carbocycles. The summed E-state index contributed by atoms with van der Waals surface area (Å²) in [6.07, 6.45) is -3.38. The van der Waals surface area contributed by atoms with Gasteiger partial charge in [0.05, 0.1) is 6.61 Å². The second-order valence-corrected chi connectivity index (χ2v) is 6.54. The van der Waals surface area contributed by atoms with Gasteiger partial charge in [0.1, 0.15) is 18.8 Å². The van der Waals surface area contributed by atoms with Crippen molar-refractivity contribution in [3.63, 3.8) is 0 Å². The molecule has 4 atom stereocenters. The molecule has 0 amide bonds. The van der Waals surface area contributed by atoms with Crippen LogP contribution in [0.2, 0.25) is 0 Å². The lowest BCUT2D eigenvalue weighted by molar-refractivity contribution is -0.234. The highest BCUT2D eigenvalue weighted by atomic mass is 16.8. The van der Waals surface area contributed by atoms with E-state index < -0.39 is 36.4 Å². The second-order valence-electron chi connectivity index (χ2n) is 6.54. The minimum Gasteiger partial charge on any atom is -0.433 e. The highest BCUT2D eigenvalue weighted by Crippen LogP contribution is 2.35. The highest BCUT2D eigenvalue weighted by Gasteiger charge is 2.54. The molecule has 7 heteroatoms. The fourth-order valence-corrected chi connectivity index (χ4v) is 2.98.